The summed E-state index contributed by atoms with van der Waals surface area (Å²) in [5.41, 5.74) is 0. The van der Waals surface area contributed by atoms with Gasteiger partial charge in [-0.05, 0) is 31.9 Å². The number of ether oxygens (including phenoxy) is 2. The highest BCUT2D eigenvalue weighted by atomic mass is 32.2. The molecular weight excluding hydrogens is 396 g/mol. The number of carbonyl (C=O) groups excluding carboxylic acids is 1. The third kappa shape index (κ3) is 3.84. The molecular formula is C20H24N2O6S. The molecule has 1 amide bonds. The summed E-state index contributed by atoms with van der Waals surface area (Å²) in [5.74, 6) is 1.13. The van der Waals surface area contributed by atoms with Crippen LogP contribution < -0.4 is 9.47 Å². The zero-order valence-corrected chi connectivity index (χ0v) is 17.3. The van der Waals surface area contributed by atoms with Crippen molar-refractivity contribution in [1.29, 1.82) is 0 Å². The Kier molecular flexibility index (Phi) is 5.26. The highest BCUT2D eigenvalue weighted by Gasteiger charge is 2.33. The Morgan fingerprint density at radius 3 is 2.62 bits per heavy atom. The van der Waals surface area contributed by atoms with Crippen LogP contribution in [0.4, 0.5) is 0 Å². The molecule has 1 aromatic heterocycles. The Balaban J connectivity index is 1.46. The first-order valence-electron chi connectivity index (χ1n) is 9.61. The minimum Gasteiger partial charge on any atom is -0.486 e. The minimum atomic E-state index is -3.64. The fraction of sp³-hybridized carbons (Fsp3) is 0.450. The van der Waals surface area contributed by atoms with Crippen molar-refractivity contribution in [3.05, 3.63) is 41.9 Å². The Hall–Kier alpha value is -2.52. The maximum absolute atomic E-state index is 12.8. The van der Waals surface area contributed by atoms with Crippen molar-refractivity contribution in [3.63, 3.8) is 0 Å². The monoisotopic (exact) mass is 420 g/mol. The van der Waals surface area contributed by atoms with Crippen LogP contribution in [0.2, 0.25) is 0 Å². The molecule has 156 valence electrons. The lowest BCUT2D eigenvalue weighted by atomic mass is 10.2. The summed E-state index contributed by atoms with van der Waals surface area (Å²) in [6, 6.07) is 8.69. The molecule has 0 spiro atoms. The van der Waals surface area contributed by atoms with E-state index in [1.807, 2.05) is 24.3 Å². The highest BCUT2D eigenvalue weighted by molar-refractivity contribution is 7.89. The molecule has 0 bridgehead atoms. The van der Waals surface area contributed by atoms with Crippen LogP contribution in [-0.4, -0.2) is 62.9 Å². The fourth-order valence-electron chi connectivity index (χ4n) is 3.62. The van der Waals surface area contributed by atoms with E-state index >= 15 is 0 Å². The van der Waals surface area contributed by atoms with Crippen LogP contribution in [0.5, 0.6) is 11.5 Å². The molecule has 29 heavy (non-hydrogen) atoms. The van der Waals surface area contributed by atoms with Crippen molar-refractivity contribution in [3.8, 4) is 11.5 Å². The second kappa shape index (κ2) is 7.72. The number of carbonyl (C=O) groups is 1. The molecule has 1 saturated heterocycles. The molecule has 8 nitrogen and oxygen atoms in total. The van der Waals surface area contributed by atoms with Gasteiger partial charge in [-0.25, -0.2) is 8.42 Å². The summed E-state index contributed by atoms with van der Waals surface area (Å²) in [4.78, 5) is 14.3. The van der Waals surface area contributed by atoms with E-state index in [4.69, 9.17) is 13.9 Å². The summed E-state index contributed by atoms with van der Waals surface area (Å²) in [6.07, 6.45) is 1.36. The van der Waals surface area contributed by atoms with Gasteiger partial charge in [-0.15, -0.1) is 0 Å². The molecule has 2 aliphatic heterocycles. The standard InChI is InChI=1S/C20H24N2O6S/c1-14-19(29(24,25)22-9-5-6-10-22)11-18(27-14)20(23)21(2)12-15-13-26-16-7-3-4-8-17(16)28-15/h3-4,7-8,11,15H,5-6,9-10,12-13H2,1-2H3/t15-/m1/s1. The molecule has 0 N–H and O–H groups in total. The first-order chi connectivity index (χ1) is 13.9. The number of hydrogen-bond donors (Lipinski definition) is 0. The van der Waals surface area contributed by atoms with E-state index in [0.717, 1.165) is 12.8 Å². The number of para-hydroxylation sites is 2. The van der Waals surface area contributed by atoms with Gasteiger partial charge in [0, 0.05) is 26.2 Å². The summed E-state index contributed by atoms with van der Waals surface area (Å²) < 4.78 is 44.1. The number of likely N-dealkylation sites (N-methyl/N-ethyl adjacent to an activating group) is 1. The molecule has 0 unspecified atom stereocenters. The Bertz CT molecular complexity index is 1010. The van der Waals surface area contributed by atoms with Gasteiger partial charge in [-0.3, -0.25) is 4.79 Å². The smallest absolute Gasteiger partial charge is 0.289 e. The van der Waals surface area contributed by atoms with Gasteiger partial charge < -0.3 is 18.8 Å². The average molecular weight is 420 g/mol. The predicted octanol–water partition coefficient (Wildman–Crippen LogP) is 2.28. The average Bonchev–Trinajstić information content (AvgIpc) is 3.38. The molecule has 1 aromatic carbocycles. The van der Waals surface area contributed by atoms with Crippen molar-refractivity contribution < 1.29 is 27.1 Å². The third-order valence-electron chi connectivity index (χ3n) is 5.16. The summed E-state index contributed by atoms with van der Waals surface area (Å²) in [7, 11) is -2.02. The lowest BCUT2D eigenvalue weighted by Crippen LogP contribution is -2.41. The van der Waals surface area contributed by atoms with Crippen LogP contribution >= 0.6 is 0 Å². The SMILES string of the molecule is Cc1oc(C(=O)N(C)C[C@@H]2COc3ccccc3O2)cc1S(=O)(=O)N1CCCC1. The zero-order valence-electron chi connectivity index (χ0n) is 16.5. The van der Waals surface area contributed by atoms with Gasteiger partial charge in [0.2, 0.25) is 10.0 Å². The first-order valence-corrected chi connectivity index (χ1v) is 11.0. The van der Waals surface area contributed by atoms with E-state index in [1.165, 1.54) is 15.3 Å². The van der Waals surface area contributed by atoms with Crippen LogP contribution in [0.25, 0.3) is 0 Å². The normalized spacial score (nSPS) is 19.3. The molecule has 3 heterocycles. The van der Waals surface area contributed by atoms with Crippen molar-refractivity contribution in [1.82, 2.24) is 9.21 Å². The largest absolute Gasteiger partial charge is 0.486 e. The number of fused-ring (bicyclic) bond motifs is 1. The topological polar surface area (TPSA) is 89.3 Å². The number of amides is 1. The van der Waals surface area contributed by atoms with Gasteiger partial charge in [0.05, 0.1) is 6.54 Å². The van der Waals surface area contributed by atoms with Gasteiger partial charge >= 0.3 is 0 Å². The number of furan rings is 1. The maximum Gasteiger partial charge on any atom is 0.289 e. The number of aryl methyl sites for hydroxylation is 1. The van der Waals surface area contributed by atoms with Crippen LogP contribution in [0.3, 0.4) is 0 Å². The first kappa shape index (κ1) is 19.8. The van der Waals surface area contributed by atoms with Gasteiger partial charge in [-0.1, -0.05) is 12.1 Å². The van der Waals surface area contributed by atoms with E-state index in [-0.39, 0.29) is 29.1 Å². The Morgan fingerprint density at radius 2 is 1.90 bits per heavy atom. The second-order valence-electron chi connectivity index (χ2n) is 7.33. The molecule has 1 fully saturated rings. The number of benzene rings is 1. The van der Waals surface area contributed by atoms with Crippen molar-refractivity contribution in [2.75, 3.05) is 33.3 Å². The lowest BCUT2D eigenvalue weighted by molar-refractivity contribution is 0.0501. The quantitative estimate of drug-likeness (QED) is 0.737. The summed E-state index contributed by atoms with van der Waals surface area (Å²) >= 11 is 0. The minimum absolute atomic E-state index is 0.0000927. The fourth-order valence-corrected chi connectivity index (χ4v) is 5.30. The number of sulfonamides is 1. The van der Waals surface area contributed by atoms with Crippen molar-refractivity contribution in [2.24, 2.45) is 0 Å². The van der Waals surface area contributed by atoms with Gasteiger partial charge in [-0.2, -0.15) is 4.31 Å². The molecule has 0 saturated carbocycles. The van der Waals surface area contributed by atoms with Crippen molar-refractivity contribution in [2.45, 2.75) is 30.8 Å². The van der Waals surface area contributed by atoms with E-state index in [2.05, 4.69) is 0 Å². The van der Waals surface area contributed by atoms with E-state index < -0.39 is 15.9 Å². The number of hydrogen-bond acceptors (Lipinski definition) is 6. The molecule has 9 heteroatoms. The molecule has 0 aliphatic carbocycles. The Morgan fingerprint density at radius 1 is 1.21 bits per heavy atom. The van der Waals surface area contributed by atoms with Crippen LogP contribution in [0.15, 0.2) is 39.6 Å². The number of rotatable bonds is 5. The third-order valence-corrected chi connectivity index (χ3v) is 7.16. The van der Waals surface area contributed by atoms with E-state index in [9.17, 15) is 13.2 Å². The van der Waals surface area contributed by atoms with E-state index in [1.54, 1.807) is 14.0 Å². The molecule has 1 atom stereocenters. The van der Waals surface area contributed by atoms with Crippen LogP contribution in [0.1, 0.15) is 29.2 Å². The van der Waals surface area contributed by atoms with Gasteiger partial charge in [0.1, 0.15) is 17.3 Å². The Labute approximate surface area is 170 Å². The van der Waals surface area contributed by atoms with E-state index in [0.29, 0.717) is 31.2 Å². The van der Waals surface area contributed by atoms with Crippen LogP contribution in [-0.2, 0) is 10.0 Å². The summed E-state index contributed by atoms with van der Waals surface area (Å²) in [6.45, 7) is 3.16. The lowest BCUT2D eigenvalue weighted by Gasteiger charge is -2.29. The highest BCUT2D eigenvalue weighted by Crippen LogP contribution is 2.31. The zero-order chi connectivity index (χ0) is 20.6. The van der Waals surface area contributed by atoms with Gasteiger partial charge in [0.25, 0.3) is 5.91 Å². The van der Waals surface area contributed by atoms with Crippen molar-refractivity contribution >= 4 is 15.9 Å². The molecule has 4 rings (SSSR count). The maximum atomic E-state index is 12.8. The number of nitrogens with zero attached hydrogens (tertiary/aromatic N) is 2. The molecule has 2 aromatic rings. The molecule has 0 radical (unpaired) electrons. The van der Waals surface area contributed by atoms with Gasteiger partial charge in [0.15, 0.2) is 23.4 Å². The predicted molar refractivity (Wildman–Crippen MR) is 105 cm³/mol. The molecule has 2 aliphatic rings. The second-order valence-corrected chi connectivity index (χ2v) is 9.23. The summed E-state index contributed by atoms with van der Waals surface area (Å²) in [5, 5.41) is 0. The van der Waals surface area contributed by atoms with Crippen LogP contribution in [0, 0.1) is 6.92 Å².